The summed E-state index contributed by atoms with van der Waals surface area (Å²) in [5.41, 5.74) is 0. The molecular weight excluding hydrogens is 114 g/mol. The molecule has 0 saturated carbocycles. The maximum absolute atomic E-state index is 3.47. The topological polar surface area (TPSA) is 43.5 Å². The zero-order chi connectivity index (χ0) is 5.82. The summed E-state index contributed by atoms with van der Waals surface area (Å²) >= 11 is 0. The van der Waals surface area contributed by atoms with Crippen LogP contribution >= 0.6 is 0 Å². The van der Waals surface area contributed by atoms with E-state index in [4.69, 9.17) is 0 Å². The average Bonchev–Trinajstić information content (AvgIpc) is 1.90. The fraction of sp³-hybridized carbons (Fsp3) is 1.00. The number of hydrogen-bond donors (Lipinski definition) is 1. The predicted molar refractivity (Wildman–Crippen MR) is 39.5 cm³/mol. The summed E-state index contributed by atoms with van der Waals surface area (Å²) in [6.07, 6.45) is 5.53. The van der Waals surface area contributed by atoms with Gasteiger partial charge in [-0.3, -0.25) is 0 Å². The smallest absolute Gasteiger partial charge is 0.00644 e. The summed E-state index contributed by atoms with van der Waals surface area (Å²) in [5.74, 6) is 0. The molecule has 1 rings (SSSR count). The average molecular weight is 131 g/mol. The Balaban J connectivity index is 0.000000640. The van der Waals surface area contributed by atoms with Gasteiger partial charge in [0.05, 0.1) is 0 Å². The van der Waals surface area contributed by atoms with E-state index >= 15 is 0 Å². The molecule has 0 bridgehead atoms. The fourth-order valence-electron chi connectivity index (χ4n) is 1.27. The normalized spacial score (nSPS) is 27.0. The Hall–Kier alpha value is -0.0800. The SMILES string of the molecule is CCC1CCCCN1.O. The van der Waals surface area contributed by atoms with Crippen LogP contribution in [0.5, 0.6) is 0 Å². The van der Waals surface area contributed by atoms with Crippen LogP contribution in [0.3, 0.4) is 0 Å². The maximum Gasteiger partial charge on any atom is 0.00644 e. The Morgan fingerprint density at radius 3 is 2.56 bits per heavy atom. The molecule has 1 aliphatic rings. The second-order valence-corrected chi connectivity index (χ2v) is 2.56. The van der Waals surface area contributed by atoms with Crippen molar-refractivity contribution >= 4 is 0 Å². The van der Waals surface area contributed by atoms with Crippen molar-refractivity contribution in [2.24, 2.45) is 0 Å². The molecule has 0 aromatic carbocycles. The molecule has 56 valence electrons. The summed E-state index contributed by atoms with van der Waals surface area (Å²) in [5, 5.41) is 3.47. The van der Waals surface area contributed by atoms with Crippen LogP contribution in [0.25, 0.3) is 0 Å². The van der Waals surface area contributed by atoms with Crippen molar-refractivity contribution in [3.05, 3.63) is 0 Å². The summed E-state index contributed by atoms with van der Waals surface area (Å²) in [6, 6.07) is 0.837. The summed E-state index contributed by atoms with van der Waals surface area (Å²) in [4.78, 5) is 0. The van der Waals surface area contributed by atoms with Gasteiger partial charge < -0.3 is 10.8 Å². The molecule has 1 unspecified atom stereocenters. The van der Waals surface area contributed by atoms with Crippen LogP contribution in [-0.4, -0.2) is 18.1 Å². The lowest BCUT2D eigenvalue weighted by Gasteiger charge is -2.21. The number of piperidine rings is 1. The van der Waals surface area contributed by atoms with E-state index in [2.05, 4.69) is 12.2 Å². The van der Waals surface area contributed by atoms with Gasteiger partial charge in [-0.2, -0.15) is 0 Å². The van der Waals surface area contributed by atoms with Gasteiger partial charge in [-0.05, 0) is 25.8 Å². The summed E-state index contributed by atoms with van der Waals surface area (Å²) in [7, 11) is 0. The largest absolute Gasteiger partial charge is 0.412 e. The first-order valence-electron chi connectivity index (χ1n) is 3.67. The molecule has 0 spiro atoms. The van der Waals surface area contributed by atoms with Crippen molar-refractivity contribution in [1.82, 2.24) is 5.32 Å². The second-order valence-electron chi connectivity index (χ2n) is 2.56. The Morgan fingerprint density at radius 2 is 2.22 bits per heavy atom. The summed E-state index contributed by atoms with van der Waals surface area (Å²) < 4.78 is 0. The molecule has 0 radical (unpaired) electrons. The first-order chi connectivity index (χ1) is 3.93. The van der Waals surface area contributed by atoms with Crippen LogP contribution in [0.15, 0.2) is 0 Å². The lowest BCUT2D eigenvalue weighted by molar-refractivity contribution is 0.393. The van der Waals surface area contributed by atoms with Crippen molar-refractivity contribution in [2.75, 3.05) is 6.54 Å². The quantitative estimate of drug-likeness (QED) is 0.559. The van der Waals surface area contributed by atoms with Crippen LogP contribution in [0, 0.1) is 0 Å². The molecule has 1 atom stereocenters. The van der Waals surface area contributed by atoms with Gasteiger partial charge in [0.15, 0.2) is 0 Å². The zero-order valence-corrected chi connectivity index (χ0v) is 6.11. The van der Waals surface area contributed by atoms with E-state index in [-0.39, 0.29) is 5.48 Å². The number of hydrogen-bond acceptors (Lipinski definition) is 1. The number of nitrogens with one attached hydrogen (secondary N) is 1. The first-order valence-corrected chi connectivity index (χ1v) is 3.67. The minimum atomic E-state index is 0. The van der Waals surface area contributed by atoms with E-state index in [1.54, 1.807) is 0 Å². The van der Waals surface area contributed by atoms with E-state index in [9.17, 15) is 0 Å². The van der Waals surface area contributed by atoms with E-state index in [1.165, 1.54) is 32.2 Å². The van der Waals surface area contributed by atoms with Crippen LogP contribution in [0.1, 0.15) is 32.6 Å². The summed E-state index contributed by atoms with van der Waals surface area (Å²) in [6.45, 7) is 3.50. The standard InChI is InChI=1S/C7H15N.H2O/c1-2-7-5-3-4-6-8-7;/h7-8H,2-6H2,1H3;1H2. The van der Waals surface area contributed by atoms with Crippen molar-refractivity contribution in [1.29, 1.82) is 0 Å². The highest BCUT2D eigenvalue weighted by molar-refractivity contribution is 4.69. The fourth-order valence-corrected chi connectivity index (χ4v) is 1.27. The highest BCUT2D eigenvalue weighted by atomic mass is 16.0. The third-order valence-corrected chi connectivity index (χ3v) is 1.91. The van der Waals surface area contributed by atoms with Crippen LogP contribution in [-0.2, 0) is 0 Å². The molecule has 0 aromatic heterocycles. The van der Waals surface area contributed by atoms with Gasteiger partial charge in [0.1, 0.15) is 0 Å². The monoisotopic (exact) mass is 131 g/mol. The van der Waals surface area contributed by atoms with Gasteiger partial charge in [-0.1, -0.05) is 13.3 Å². The molecule has 0 aliphatic carbocycles. The van der Waals surface area contributed by atoms with Gasteiger partial charge in [-0.15, -0.1) is 0 Å². The molecule has 1 saturated heterocycles. The zero-order valence-electron chi connectivity index (χ0n) is 6.11. The van der Waals surface area contributed by atoms with Crippen LogP contribution < -0.4 is 5.32 Å². The van der Waals surface area contributed by atoms with Gasteiger partial charge in [0.25, 0.3) is 0 Å². The Bertz CT molecular complexity index is 59.9. The number of rotatable bonds is 1. The molecule has 1 fully saturated rings. The molecule has 0 amide bonds. The van der Waals surface area contributed by atoms with E-state index in [0.29, 0.717) is 0 Å². The molecule has 1 heterocycles. The van der Waals surface area contributed by atoms with Crippen molar-refractivity contribution in [3.8, 4) is 0 Å². The molecule has 0 aromatic rings. The third-order valence-electron chi connectivity index (χ3n) is 1.91. The van der Waals surface area contributed by atoms with Gasteiger partial charge in [0.2, 0.25) is 0 Å². The van der Waals surface area contributed by atoms with Crippen molar-refractivity contribution < 1.29 is 5.48 Å². The molecule has 2 heteroatoms. The minimum absolute atomic E-state index is 0. The van der Waals surface area contributed by atoms with E-state index < -0.39 is 0 Å². The van der Waals surface area contributed by atoms with E-state index in [0.717, 1.165) is 6.04 Å². The van der Waals surface area contributed by atoms with Gasteiger partial charge in [-0.25, -0.2) is 0 Å². The van der Waals surface area contributed by atoms with Crippen LogP contribution in [0.2, 0.25) is 0 Å². The van der Waals surface area contributed by atoms with E-state index in [1.807, 2.05) is 0 Å². The third kappa shape index (κ3) is 2.82. The van der Waals surface area contributed by atoms with Crippen molar-refractivity contribution in [2.45, 2.75) is 38.6 Å². The lowest BCUT2D eigenvalue weighted by Crippen LogP contribution is -2.32. The Morgan fingerprint density at radius 1 is 1.44 bits per heavy atom. The Labute approximate surface area is 57.0 Å². The van der Waals surface area contributed by atoms with Gasteiger partial charge >= 0.3 is 0 Å². The molecule has 1 aliphatic heterocycles. The maximum atomic E-state index is 3.47. The molecule has 3 N–H and O–H groups in total. The molecule has 9 heavy (non-hydrogen) atoms. The van der Waals surface area contributed by atoms with Crippen LogP contribution in [0.4, 0.5) is 0 Å². The second kappa shape index (κ2) is 4.77. The molecular formula is C7H17NO. The lowest BCUT2D eigenvalue weighted by atomic mass is 10.0. The van der Waals surface area contributed by atoms with Crippen molar-refractivity contribution in [3.63, 3.8) is 0 Å². The predicted octanol–water partition coefficient (Wildman–Crippen LogP) is 0.714. The Kier molecular flexibility index (Phi) is 4.72. The highest BCUT2D eigenvalue weighted by Gasteiger charge is 2.08. The first kappa shape index (κ1) is 8.92. The molecule has 2 nitrogen and oxygen atoms in total. The minimum Gasteiger partial charge on any atom is -0.412 e. The van der Waals surface area contributed by atoms with Gasteiger partial charge in [0, 0.05) is 6.04 Å². The highest BCUT2D eigenvalue weighted by Crippen LogP contribution is 2.08.